The standard InChI is InChI=1S/C24H31NO/c1-8-19-21-13-18(14(2)3)12-20(15(4)5)24(21)26-23(19)17(7)22-11-16(6)9-10-25-22/h8-15,22,25H,1-7H3/b19-8-,23-17-. The van der Waals surface area contributed by atoms with E-state index < -0.39 is 0 Å². The average Bonchev–Trinajstić information content (AvgIpc) is 2.98. The van der Waals surface area contributed by atoms with Crippen molar-refractivity contribution in [1.82, 2.24) is 5.32 Å². The van der Waals surface area contributed by atoms with Crippen LogP contribution < -0.4 is 16.0 Å². The molecule has 3 rings (SSSR count). The van der Waals surface area contributed by atoms with Gasteiger partial charge in [0.25, 0.3) is 0 Å². The molecule has 1 atom stereocenters. The highest BCUT2D eigenvalue weighted by Gasteiger charge is 2.17. The molecule has 0 radical (unpaired) electrons. The molecule has 138 valence electrons. The first kappa shape index (κ1) is 18.6. The van der Waals surface area contributed by atoms with E-state index in [1.54, 1.807) is 0 Å². The SMILES string of the molecule is C/C=c1\c(=C(/C)C2C=C(C)C=CN2)oc2c(C(C)C)cc(C(C)C)cc12. The normalized spacial score (nSPS) is 19.3. The van der Waals surface area contributed by atoms with Gasteiger partial charge >= 0.3 is 0 Å². The van der Waals surface area contributed by atoms with Gasteiger partial charge in [0.2, 0.25) is 0 Å². The van der Waals surface area contributed by atoms with Gasteiger partial charge in [0.1, 0.15) is 11.0 Å². The Morgan fingerprint density at radius 2 is 1.88 bits per heavy atom. The molecule has 0 saturated carbocycles. The van der Waals surface area contributed by atoms with Gasteiger partial charge in [0, 0.05) is 10.6 Å². The molecule has 1 unspecified atom stereocenters. The lowest BCUT2D eigenvalue weighted by molar-refractivity contribution is 0.560. The number of rotatable bonds is 3. The van der Waals surface area contributed by atoms with Crippen LogP contribution >= 0.6 is 0 Å². The summed E-state index contributed by atoms with van der Waals surface area (Å²) in [5.41, 5.74) is 7.22. The predicted molar refractivity (Wildman–Crippen MR) is 113 cm³/mol. The smallest absolute Gasteiger partial charge is 0.138 e. The van der Waals surface area contributed by atoms with Crippen LogP contribution in [-0.2, 0) is 0 Å². The Labute approximate surface area is 157 Å². The van der Waals surface area contributed by atoms with E-state index in [1.807, 2.05) is 6.20 Å². The molecule has 1 aromatic heterocycles. The molecule has 0 aliphatic carbocycles. The fourth-order valence-corrected chi connectivity index (χ4v) is 3.65. The summed E-state index contributed by atoms with van der Waals surface area (Å²) in [6.07, 6.45) is 8.57. The van der Waals surface area contributed by atoms with Crippen LogP contribution in [0, 0.1) is 0 Å². The summed E-state index contributed by atoms with van der Waals surface area (Å²) < 4.78 is 6.51. The molecule has 2 aromatic rings. The minimum atomic E-state index is 0.173. The predicted octanol–water partition coefficient (Wildman–Crippen LogP) is 5.08. The van der Waals surface area contributed by atoms with Crippen LogP contribution in [0.1, 0.15) is 71.4 Å². The van der Waals surface area contributed by atoms with Crippen molar-refractivity contribution in [3.8, 4) is 0 Å². The second kappa shape index (κ2) is 7.19. The summed E-state index contributed by atoms with van der Waals surface area (Å²) in [6, 6.07) is 4.81. The van der Waals surface area contributed by atoms with E-state index in [9.17, 15) is 0 Å². The number of hydrogen-bond acceptors (Lipinski definition) is 2. The zero-order valence-corrected chi connectivity index (χ0v) is 17.1. The highest BCUT2D eigenvalue weighted by molar-refractivity contribution is 5.84. The van der Waals surface area contributed by atoms with E-state index in [0.717, 1.165) is 11.0 Å². The molecule has 1 aromatic carbocycles. The first-order valence-corrected chi connectivity index (χ1v) is 9.68. The molecule has 26 heavy (non-hydrogen) atoms. The molecule has 1 N–H and O–H groups in total. The highest BCUT2D eigenvalue weighted by atomic mass is 16.3. The molecule has 0 spiro atoms. The molecule has 2 nitrogen and oxygen atoms in total. The molecular formula is C24H31NO. The van der Waals surface area contributed by atoms with Crippen molar-refractivity contribution in [2.45, 2.75) is 66.3 Å². The van der Waals surface area contributed by atoms with Crippen molar-refractivity contribution in [2.24, 2.45) is 0 Å². The fraction of sp³-hybridized carbons (Fsp3) is 0.417. The molecule has 0 fully saturated rings. The summed E-state index contributed by atoms with van der Waals surface area (Å²) in [5.74, 6) is 0.929. The Kier molecular flexibility index (Phi) is 5.13. The number of benzene rings is 1. The van der Waals surface area contributed by atoms with Gasteiger partial charge in [0.05, 0.1) is 6.04 Å². The number of allylic oxidation sites excluding steroid dienone is 2. The van der Waals surface area contributed by atoms with Gasteiger partial charge in [-0.15, -0.1) is 0 Å². The maximum atomic E-state index is 6.51. The van der Waals surface area contributed by atoms with Crippen molar-refractivity contribution in [3.05, 3.63) is 57.8 Å². The zero-order valence-electron chi connectivity index (χ0n) is 17.1. The summed E-state index contributed by atoms with van der Waals surface area (Å²) in [5, 5.41) is 5.89. The Bertz CT molecular complexity index is 999. The van der Waals surface area contributed by atoms with Gasteiger partial charge in [-0.2, -0.15) is 0 Å². The van der Waals surface area contributed by atoms with Gasteiger partial charge in [-0.1, -0.05) is 51.5 Å². The summed E-state index contributed by atoms with van der Waals surface area (Å²) in [6.45, 7) is 15.4. The summed E-state index contributed by atoms with van der Waals surface area (Å²) >= 11 is 0. The molecule has 2 heteroatoms. The lowest BCUT2D eigenvalue weighted by Gasteiger charge is -2.17. The van der Waals surface area contributed by atoms with E-state index in [-0.39, 0.29) is 6.04 Å². The summed E-state index contributed by atoms with van der Waals surface area (Å²) in [4.78, 5) is 0. The molecule has 1 aliphatic rings. The van der Waals surface area contributed by atoms with Crippen molar-refractivity contribution < 1.29 is 4.42 Å². The Morgan fingerprint density at radius 1 is 1.15 bits per heavy atom. The van der Waals surface area contributed by atoms with E-state index in [2.05, 4.69) is 84.1 Å². The maximum absolute atomic E-state index is 6.51. The third-order valence-corrected chi connectivity index (χ3v) is 5.33. The maximum Gasteiger partial charge on any atom is 0.138 e. The second-order valence-electron chi connectivity index (χ2n) is 8.00. The monoisotopic (exact) mass is 349 g/mol. The Balaban J connectivity index is 2.37. The van der Waals surface area contributed by atoms with Gasteiger partial charge in [0.15, 0.2) is 0 Å². The van der Waals surface area contributed by atoms with Crippen molar-refractivity contribution in [2.75, 3.05) is 0 Å². The van der Waals surface area contributed by atoms with Crippen LogP contribution in [0.5, 0.6) is 0 Å². The molecule has 1 aliphatic heterocycles. The Morgan fingerprint density at radius 3 is 2.46 bits per heavy atom. The van der Waals surface area contributed by atoms with Crippen molar-refractivity contribution in [1.29, 1.82) is 0 Å². The van der Waals surface area contributed by atoms with Crippen LogP contribution in [-0.4, -0.2) is 6.04 Å². The quantitative estimate of drug-likeness (QED) is 0.836. The largest absolute Gasteiger partial charge is 0.456 e. The Hall–Kier alpha value is -2.22. The van der Waals surface area contributed by atoms with Crippen molar-refractivity contribution in [3.63, 3.8) is 0 Å². The first-order chi connectivity index (χ1) is 12.3. The third kappa shape index (κ3) is 3.25. The zero-order chi connectivity index (χ0) is 19.0. The number of hydrogen-bond donors (Lipinski definition) is 1. The summed E-state index contributed by atoms with van der Waals surface area (Å²) in [7, 11) is 0. The van der Waals surface area contributed by atoms with Gasteiger partial charge in [-0.25, -0.2) is 0 Å². The van der Waals surface area contributed by atoms with E-state index >= 15 is 0 Å². The number of fused-ring (bicyclic) bond motifs is 1. The molecule has 0 saturated heterocycles. The second-order valence-corrected chi connectivity index (χ2v) is 8.00. The van der Waals surface area contributed by atoms with Crippen LogP contribution in [0.25, 0.3) is 22.6 Å². The minimum Gasteiger partial charge on any atom is -0.456 e. The van der Waals surface area contributed by atoms with Gasteiger partial charge in [-0.05, 0) is 67.6 Å². The topological polar surface area (TPSA) is 25.2 Å². The number of nitrogens with one attached hydrogen (secondary N) is 1. The van der Waals surface area contributed by atoms with Gasteiger partial charge in [-0.3, -0.25) is 0 Å². The third-order valence-electron chi connectivity index (χ3n) is 5.33. The number of furan rings is 1. The molecule has 0 bridgehead atoms. The van der Waals surface area contributed by atoms with E-state index in [1.165, 1.54) is 32.9 Å². The van der Waals surface area contributed by atoms with E-state index in [0.29, 0.717) is 11.8 Å². The molecule has 2 heterocycles. The lowest BCUT2D eigenvalue weighted by atomic mass is 9.93. The fourth-order valence-electron chi connectivity index (χ4n) is 3.65. The van der Waals surface area contributed by atoms with Crippen LogP contribution in [0.2, 0.25) is 0 Å². The number of dihydropyridines is 1. The lowest BCUT2D eigenvalue weighted by Crippen LogP contribution is -2.33. The highest BCUT2D eigenvalue weighted by Crippen LogP contribution is 2.28. The van der Waals surface area contributed by atoms with Gasteiger partial charge < -0.3 is 9.73 Å². The first-order valence-electron chi connectivity index (χ1n) is 9.68. The van der Waals surface area contributed by atoms with Crippen LogP contribution in [0.4, 0.5) is 0 Å². The molecular weight excluding hydrogens is 318 g/mol. The van der Waals surface area contributed by atoms with E-state index in [4.69, 9.17) is 4.42 Å². The van der Waals surface area contributed by atoms with Crippen molar-refractivity contribution >= 4 is 22.6 Å². The van der Waals surface area contributed by atoms with Crippen LogP contribution in [0.3, 0.4) is 0 Å². The minimum absolute atomic E-state index is 0.173. The van der Waals surface area contributed by atoms with Crippen LogP contribution in [0.15, 0.2) is 40.5 Å². The average molecular weight is 350 g/mol. The molecule has 0 amide bonds.